The summed E-state index contributed by atoms with van der Waals surface area (Å²) in [5.41, 5.74) is 4.99. The number of piperazine rings is 1. The van der Waals surface area contributed by atoms with Crippen LogP contribution in [-0.2, 0) is 0 Å². The maximum Gasteiger partial charge on any atom is 0.257 e. The fraction of sp³-hybridized carbons (Fsp3) is 0.269. The van der Waals surface area contributed by atoms with Crippen molar-refractivity contribution in [2.75, 3.05) is 45.3 Å². The Labute approximate surface area is 198 Å². The maximum absolute atomic E-state index is 13.3. The molecule has 2 aromatic heterocycles. The predicted octanol–water partition coefficient (Wildman–Crippen LogP) is 3.68. The van der Waals surface area contributed by atoms with Gasteiger partial charge in [0.05, 0.1) is 31.7 Å². The van der Waals surface area contributed by atoms with Crippen molar-refractivity contribution in [2.45, 2.75) is 6.92 Å². The summed E-state index contributed by atoms with van der Waals surface area (Å²) in [6, 6.07) is 16.0. The number of benzene rings is 2. The molecule has 1 amide bonds. The van der Waals surface area contributed by atoms with Gasteiger partial charge in [0.15, 0.2) is 17.1 Å². The number of fused-ring (bicyclic) bond motifs is 1. The van der Waals surface area contributed by atoms with Crippen LogP contribution in [0.2, 0.25) is 0 Å². The number of aromatic nitrogens is 3. The second-order valence-electron chi connectivity index (χ2n) is 8.24. The molecule has 2 aromatic carbocycles. The van der Waals surface area contributed by atoms with Crippen molar-refractivity contribution >= 4 is 17.2 Å². The van der Waals surface area contributed by atoms with Crippen LogP contribution in [0.3, 0.4) is 0 Å². The molecule has 8 nitrogen and oxygen atoms in total. The quantitative estimate of drug-likeness (QED) is 0.455. The number of ether oxygens (including phenoxy) is 2. The Morgan fingerprint density at radius 3 is 2.35 bits per heavy atom. The van der Waals surface area contributed by atoms with Crippen molar-refractivity contribution in [3.05, 3.63) is 72.2 Å². The van der Waals surface area contributed by atoms with E-state index in [9.17, 15) is 4.79 Å². The molecule has 0 saturated carbocycles. The van der Waals surface area contributed by atoms with Crippen molar-refractivity contribution in [1.82, 2.24) is 19.5 Å². The van der Waals surface area contributed by atoms with Crippen LogP contribution < -0.4 is 14.4 Å². The molecule has 0 N–H and O–H groups in total. The zero-order valence-corrected chi connectivity index (χ0v) is 19.6. The number of nitrogens with zero attached hydrogens (tertiary/aromatic N) is 5. The lowest BCUT2D eigenvalue weighted by atomic mass is 10.1. The summed E-state index contributed by atoms with van der Waals surface area (Å²) < 4.78 is 12.5. The largest absolute Gasteiger partial charge is 0.493 e. The molecular weight excluding hydrogens is 430 g/mol. The Morgan fingerprint density at radius 2 is 1.65 bits per heavy atom. The number of methoxy groups -OCH3 is 2. The molecule has 0 atom stereocenters. The van der Waals surface area contributed by atoms with Crippen molar-refractivity contribution in [3.8, 4) is 22.6 Å². The van der Waals surface area contributed by atoms with Crippen LogP contribution >= 0.6 is 0 Å². The van der Waals surface area contributed by atoms with E-state index in [2.05, 4.69) is 27.1 Å². The Bertz CT molecular complexity index is 1330. The third-order valence-corrected chi connectivity index (χ3v) is 6.38. The first kappa shape index (κ1) is 21.8. The average Bonchev–Trinajstić information content (AvgIpc) is 3.34. The molecule has 1 fully saturated rings. The number of aryl methyl sites for hydroxylation is 1. The van der Waals surface area contributed by atoms with E-state index in [-0.39, 0.29) is 5.91 Å². The van der Waals surface area contributed by atoms with Gasteiger partial charge in [-0.15, -0.1) is 0 Å². The number of carbonyl (C=O) groups excluding carboxylic acids is 1. The van der Waals surface area contributed by atoms with Gasteiger partial charge in [0.1, 0.15) is 0 Å². The molecule has 174 valence electrons. The number of rotatable bonds is 5. The monoisotopic (exact) mass is 457 g/mol. The van der Waals surface area contributed by atoms with Gasteiger partial charge in [-0.25, -0.2) is 9.50 Å². The van der Waals surface area contributed by atoms with Gasteiger partial charge in [-0.3, -0.25) is 4.79 Å². The fourth-order valence-electron chi connectivity index (χ4n) is 4.44. The smallest absolute Gasteiger partial charge is 0.257 e. The third-order valence-electron chi connectivity index (χ3n) is 6.38. The molecule has 0 unspecified atom stereocenters. The van der Waals surface area contributed by atoms with Gasteiger partial charge in [0.2, 0.25) is 0 Å². The molecule has 4 aromatic rings. The van der Waals surface area contributed by atoms with E-state index < -0.39 is 0 Å². The molecule has 3 heterocycles. The average molecular weight is 458 g/mol. The minimum absolute atomic E-state index is 0.0113. The van der Waals surface area contributed by atoms with Gasteiger partial charge in [-0.05, 0) is 36.8 Å². The van der Waals surface area contributed by atoms with Crippen LogP contribution in [0.4, 0.5) is 5.69 Å². The lowest BCUT2D eigenvalue weighted by Gasteiger charge is -2.36. The molecule has 34 heavy (non-hydrogen) atoms. The highest BCUT2D eigenvalue weighted by molar-refractivity contribution is 5.95. The van der Waals surface area contributed by atoms with E-state index in [1.807, 2.05) is 48.2 Å². The van der Waals surface area contributed by atoms with Crippen LogP contribution in [0.15, 0.2) is 60.9 Å². The van der Waals surface area contributed by atoms with Crippen LogP contribution in [0.25, 0.3) is 16.8 Å². The van der Waals surface area contributed by atoms with E-state index in [1.54, 1.807) is 31.1 Å². The normalized spacial score (nSPS) is 13.9. The Kier molecular flexibility index (Phi) is 5.79. The second kappa shape index (κ2) is 9.05. The Hall–Kier alpha value is -4.07. The van der Waals surface area contributed by atoms with E-state index in [4.69, 9.17) is 9.47 Å². The molecule has 0 spiro atoms. The number of hydrogen-bond acceptors (Lipinski definition) is 6. The molecule has 0 radical (unpaired) electrons. The van der Waals surface area contributed by atoms with E-state index in [1.165, 1.54) is 5.69 Å². The second-order valence-corrected chi connectivity index (χ2v) is 8.24. The first-order valence-electron chi connectivity index (χ1n) is 11.3. The number of anilines is 1. The van der Waals surface area contributed by atoms with Crippen LogP contribution in [0.5, 0.6) is 11.5 Å². The maximum atomic E-state index is 13.3. The van der Waals surface area contributed by atoms with Crippen molar-refractivity contribution in [3.63, 3.8) is 0 Å². The summed E-state index contributed by atoms with van der Waals surface area (Å²) in [6.45, 7) is 4.85. The number of para-hydroxylation sites is 1. The Morgan fingerprint density at radius 1 is 0.912 bits per heavy atom. The van der Waals surface area contributed by atoms with Gasteiger partial charge in [-0.2, -0.15) is 5.10 Å². The SMILES string of the molecule is COc1ccc(-c2cnn3c(C)c(C(=O)N4CCN(c5ccccc5)CC4)cnc23)cc1OC. The number of hydrogen-bond donors (Lipinski definition) is 0. The van der Waals surface area contributed by atoms with Gasteiger partial charge in [0.25, 0.3) is 5.91 Å². The van der Waals surface area contributed by atoms with Crippen molar-refractivity contribution in [1.29, 1.82) is 0 Å². The topological polar surface area (TPSA) is 72.2 Å². The molecule has 8 heteroatoms. The molecule has 1 aliphatic rings. The molecule has 1 saturated heterocycles. The van der Waals surface area contributed by atoms with Crippen molar-refractivity contribution in [2.24, 2.45) is 0 Å². The third kappa shape index (κ3) is 3.81. The summed E-state index contributed by atoms with van der Waals surface area (Å²) in [6.07, 6.45) is 3.44. The Balaban J connectivity index is 1.39. The van der Waals surface area contributed by atoms with Crippen LogP contribution in [-0.4, -0.2) is 65.8 Å². The molecule has 5 rings (SSSR count). The van der Waals surface area contributed by atoms with E-state index in [0.29, 0.717) is 35.8 Å². The summed E-state index contributed by atoms with van der Waals surface area (Å²) in [5.74, 6) is 1.28. The summed E-state index contributed by atoms with van der Waals surface area (Å²) in [7, 11) is 3.22. The van der Waals surface area contributed by atoms with Gasteiger partial charge in [-0.1, -0.05) is 24.3 Å². The summed E-state index contributed by atoms with van der Waals surface area (Å²) in [4.78, 5) is 22.2. The number of carbonyl (C=O) groups is 1. The molecular formula is C26H27N5O3. The van der Waals surface area contributed by atoms with Gasteiger partial charge in [0, 0.05) is 43.6 Å². The lowest BCUT2D eigenvalue weighted by molar-refractivity contribution is 0.0745. The van der Waals surface area contributed by atoms with E-state index >= 15 is 0 Å². The zero-order valence-electron chi connectivity index (χ0n) is 19.6. The summed E-state index contributed by atoms with van der Waals surface area (Å²) >= 11 is 0. The molecule has 0 aliphatic carbocycles. The van der Waals surface area contributed by atoms with Crippen molar-refractivity contribution < 1.29 is 14.3 Å². The number of amides is 1. The highest BCUT2D eigenvalue weighted by atomic mass is 16.5. The first-order valence-corrected chi connectivity index (χ1v) is 11.3. The van der Waals surface area contributed by atoms with Crippen LogP contribution in [0.1, 0.15) is 16.1 Å². The minimum atomic E-state index is -0.0113. The highest BCUT2D eigenvalue weighted by Gasteiger charge is 2.25. The van der Waals surface area contributed by atoms with E-state index in [0.717, 1.165) is 29.9 Å². The summed E-state index contributed by atoms with van der Waals surface area (Å²) in [5, 5.41) is 4.54. The standard InChI is InChI=1S/C26H27N5O3/c1-18-21(26(32)30-13-11-29(12-14-30)20-7-5-4-6-8-20)16-27-25-22(17-28-31(18)25)19-9-10-23(33-2)24(15-19)34-3/h4-10,15-17H,11-14H2,1-3H3. The molecule has 0 bridgehead atoms. The van der Waals surface area contributed by atoms with Gasteiger partial charge >= 0.3 is 0 Å². The van der Waals surface area contributed by atoms with Crippen LogP contribution in [0, 0.1) is 6.92 Å². The highest BCUT2D eigenvalue weighted by Crippen LogP contribution is 2.34. The fourth-order valence-corrected chi connectivity index (χ4v) is 4.44. The molecule has 1 aliphatic heterocycles. The first-order chi connectivity index (χ1) is 16.6. The minimum Gasteiger partial charge on any atom is -0.493 e. The predicted molar refractivity (Wildman–Crippen MR) is 131 cm³/mol. The van der Waals surface area contributed by atoms with Gasteiger partial charge < -0.3 is 19.3 Å². The zero-order chi connectivity index (χ0) is 23.7. The lowest BCUT2D eigenvalue weighted by Crippen LogP contribution is -2.49.